The Bertz CT molecular complexity index is 568. The van der Waals surface area contributed by atoms with Gasteiger partial charge in [-0.25, -0.2) is 0 Å². The van der Waals surface area contributed by atoms with Crippen LogP contribution >= 0.6 is 0 Å². The Morgan fingerprint density at radius 1 is 1.15 bits per heavy atom. The molecule has 2 aromatic rings. The van der Waals surface area contributed by atoms with Crippen molar-refractivity contribution in [3.05, 3.63) is 42.0 Å². The van der Waals surface area contributed by atoms with Crippen LogP contribution in [0, 0.1) is 0 Å². The van der Waals surface area contributed by atoms with Crippen LogP contribution in [0.15, 0.2) is 36.4 Å². The van der Waals surface area contributed by atoms with E-state index in [2.05, 4.69) is 6.92 Å². The highest BCUT2D eigenvalue weighted by atomic mass is 16.5. The number of aliphatic hydroxyl groups is 1. The number of methoxy groups -OCH3 is 1. The van der Waals surface area contributed by atoms with Gasteiger partial charge < -0.3 is 15.6 Å². The summed E-state index contributed by atoms with van der Waals surface area (Å²) >= 11 is 0. The molecule has 0 radical (unpaired) electrons. The van der Waals surface area contributed by atoms with Crippen LogP contribution < -0.4 is 10.5 Å². The molecule has 0 fully saturated rings. The molecule has 0 saturated heterocycles. The van der Waals surface area contributed by atoms with Crippen LogP contribution in [0.4, 0.5) is 0 Å². The van der Waals surface area contributed by atoms with Gasteiger partial charge in [-0.3, -0.25) is 0 Å². The first kappa shape index (κ1) is 14.8. The predicted molar refractivity (Wildman–Crippen MR) is 83.0 cm³/mol. The van der Waals surface area contributed by atoms with E-state index < -0.39 is 6.10 Å². The zero-order chi connectivity index (χ0) is 14.5. The van der Waals surface area contributed by atoms with Gasteiger partial charge in [0.1, 0.15) is 5.75 Å². The van der Waals surface area contributed by atoms with E-state index in [0.717, 1.165) is 41.3 Å². The SMILES string of the molecule is CCCC[C@H](O)[C@H](N)c1ccc(OC)c2ccccc12. The number of unbranched alkanes of at least 4 members (excludes halogenated alkanes) is 1. The maximum atomic E-state index is 10.2. The van der Waals surface area contributed by atoms with E-state index in [-0.39, 0.29) is 6.04 Å². The van der Waals surface area contributed by atoms with Crippen molar-refractivity contribution in [3.63, 3.8) is 0 Å². The molecule has 0 saturated carbocycles. The van der Waals surface area contributed by atoms with E-state index in [1.807, 2.05) is 36.4 Å². The molecule has 0 unspecified atom stereocenters. The largest absolute Gasteiger partial charge is 0.496 e. The number of ether oxygens (including phenoxy) is 1. The fourth-order valence-electron chi connectivity index (χ4n) is 2.56. The second-order valence-corrected chi connectivity index (χ2v) is 5.14. The van der Waals surface area contributed by atoms with Gasteiger partial charge in [0.25, 0.3) is 0 Å². The Morgan fingerprint density at radius 3 is 2.50 bits per heavy atom. The van der Waals surface area contributed by atoms with E-state index in [0.29, 0.717) is 0 Å². The molecule has 2 rings (SSSR count). The Labute approximate surface area is 120 Å². The molecule has 0 heterocycles. The number of fused-ring (bicyclic) bond motifs is 1. The zero-order valence-electron chi connectivity index (χ0n) is 12.2. The summed E-state index contributed by atoms with van der Waals surface area (Å²) in [4.78, 5) is 0. The quantitative estimate of drug-likeness (QED) is 0.848. The molecule has 0 aliphatic carbocycles. The second kappa shape index (κ2) is 6.73. The molecule has 0 aliphatic rings. The molecule has 0 bridgehead atoms. The van der Waals surface area contributed by atoms with Crippen LogP contribution in [0.2, 0.25) is 0 Å². The lowest BCUT2D eigenvalue weighted by Gasteiger charge is -2.21. The average molecular weight is 273 g/mol. The first-order valence-corrected chi connectivity index (χ1v) is 7.18. The number of nitrogens with two attached hydrogens (primary N) is 1. The molecule has 2 atom stereocenters. The van der Waals surface area contributed by atoms with Gasteiger partial charge in [0, 0.05) is 5.39 Å². The van der Waals surface area contributed by atoms with Crippen molar-refractivity contribution in [1.82, 2.24) is 0 Å². The van der Waals surface area contributed by atoms with Crippen LogP contribution in [-0.2, 0) is 0 Å². The van der Waals surface area contributed by atoms with Crippen LogP contribution in [0.5, 0.6) is 5.75 Å². The minimum Gasteiger partial charge on any atom is -0.496 e. The van der Waals surface area contributed by atoms with Gasteiger partial charge in [-0.2, -0.15) is 0 Å². The summed E-state index contributed by atoms with van der Waals surface area (Å²) in [6.07, 6.45) is 2.28. The van der Waals surface area contributed by atoms with Crippen molar-refractivity contribution in [3.8, 4) is 5.75 Å². The fraction of sp³-hybridized carbons (Fsp3) is 0.412. The van der Waals surface area contributed by atoms with E-state index >= 15 is 0 Å². The first-order valence-electron chi connectivity index (χ1n) is 7.18. The normalized spacial score (nSPS) is 14.2. The molecule has 20 heavy (non-hydrogen) atoms. The summed E-state index contributed by atoms with van der Waals surface area (Å²) in [5.41, 5.74) is 7.22. The lowest BCUT2D eigenvalue weighted by Crippen LogP contribution is -2.26. The van der Waals surface area contributed by atoms with Crippen molar-refractivity contribution in [2.24, 2.45) is 5.73 Å². The fourth-order valence-corrected chi connectivity index (χ4v) is 2.56. The summed E-state index contributed by atoms with van der Waals surface area (Å²) in [6, 6.07) is 11.5. The molecular weight excluding hydrogens is 250 g/mol. The Kier molecular flexibility index (Phi) is 4.99. The molecule has 0 aromatic heterocycles. The second-order valence-electron chi connectivity index (χ2n) is 5.14. The molecule has 3 heteroatoms. The van der Waals surface area contributed by atoms with E-state index in [9.17, 15) is 5.11 Å². The lowest BCUT2D eigenvalue weighted by atomic mass is 9.93. The highest BCUT2D eigenvalue weighted by Crippen LogP contribution is 2.32. The number of hydrogen-bond acceptors (Lipinski definition) is 3. The predicted octanol–water partition coefficient (Wildman–Crippen LogP) is 3.40. The third-order valence-corrected chi connectivity index (χ3v) is 3.76. The van der Waals surface area contributed by atoms with E-state index in [4.69, 9.17) is 10.5 Å². The monoisotopic (exact) mass is 273 g/mol. The highest BCUT2D eigenvalue weighted by molar-refractivity contribution is 5.91. The van der Waals surface area contributed by atoms with Gasteiger partial charge in [-0.05, 0) is 23.4 Å². The third kappa shape index (κ3) is 2.94. The smallest absolute Gasteiger partial charge is 0.126 e. The van der Waals surface area contributed by atoms with Crippen LogP contribution in [0.1, 0.15) is 37.8 Å². The van der Waals surface area contributed by atoms with Crippen molar-refractivity contribution in [2.45, 2.75) is 38.3 Å². The summed E-state index contributed by atoms with van der Waals surface area (Å²) in [5, 5.41) is 12.3. The van der Waals surface area contributed by atoms with Gasteiger partial charge in [-0.1, -0.05) is 50.1 Å². The molecular formula is C17H23NO2. The molecule has 3 nitrogen and oxygen atoms in total. The van der Waals surface area contributed by atoms with Crippen molar-refractivity contribution >= 4 is 10.8 Å². The molecule has 0 amide bonds. The third-order valence-electron chi connectivity index (χ3n) is 3.76. The van der Waals surface area contributed by atoms with E-state index in [1.54, 1.807) is 7.11 Å². The summed E-state index contributed by atoms with van der Waals surface area (Å²) in [6.45, 7) is 2.11. The number of hydrogen-bond donors (Lipinski definition) is 2. The number of rotatable bonds is 6. The van der Waals surface area contributed by atoms with Gasteiger partial charge in [0.2, 0.25) is 0 Å². The van der Waals surface area contributed by atoms with Crippen molar-refractivity contribution < 1.29 is 9.84 Å². The van der Waals surface area contributed by atoms with Crippen molar-refractivity contribution in [2.75, 3.05) is 7.11 Å². The Morgan fingerprint density at radius 2 is 1.85 bits per heavy atom. The van der Waals surface area contributed by atoms with E-state index in [1.165, 1.54) is 0 Å². The number of benzene rings is 2. The molecule has 0 aliphatic heterocycles. The van der Waals surface area contributed by atoms with Crippen molar-refractivity contribution in [1.29, 1.82) is 0 Å². The summed E-state index contributed by atoms with van der Waals surface area (Å²) in [7, 11) is 1.66. The maximum Gasteiger partial charge on any atom is 0.126 e. The topological polar surface area (TPSA) is 55.5 Å². The maximum absolute atomic E-state index is 10.2. The average Bonchev–Trinajstić information content (AvgIpc) is 2.50. The first-order chi connectivity index (χ1) is 9.69. The van der Waals surface area contributed by atoms with Gasteiger partial charge in [0.15, 0.2) is 0 Å². The molecule has 0 spiro atoms. The van der Waals surface area contributed by atoms with Gasteiger partial charge in [0.05, 0.1) is 19.3 Å². The Hall–Kier alpha value is -1.58. The number of aliphatic hydroxyl groups excluding tert-OH is 1. The standard InChI is InChI=1S/C17H23NO2/c1-3-4-9-15(19)17(18)14-10-11-16(20-2)13-8-6-5-7-12(13)14/h5-8,10-11,15,17,19H,3-4,9,18H2,1-2H3/t15-,17+/m0/s1. The minimum absolute atomic E-state index is 0.364. The molecule has 2 aromatic carbocycles. The van der Waals surface area contributed by atoms with Crippen LogP contribution in [-0.4, -0.2) is 18.3 Å². The lowest BCUT2D eigenvalue weighted by molar-refractivity contribution is 0.133. The van der Waals surface area contributed by atoms with Crippen LogP contribution in [0.3, 0.4) is 0 Å². The molecule has 3 N–H and O–H groups in total. The minimum atomic E-state index is -0.508. The summed E-state index contributed by atoms with van der Waals surface area (Å²) < 4.78 is 5.38. The van der Waals surface area contributed by atoms with Gasteiger partial charge >= 0.3 is 0 Å². The molecule has 108 valence electrons. The zero-order valence-corrected chi connectivity index (χ0v) is 12.2. The van der Waals surface area contributed by atoms with Gasteiger partial charge in [-0.15, -0.1) is 0 Å². The summed E-state index contributed by atoms with van der Waals surface area (Å²) in [5.74, 6) is 0.833. The highest BCUT2D eigenvalue weighted by Gasteiger charge is 2.19. The Balaban J connectivity index is 2.39. The van der Waals surface area contributed by atoms with Crippen LogP contribution in [0.25, 0.3) is 10.8 Å².